The van der Waals surface area contributed by atoms with Gasteiger partial charge in [-0.1, -0.05) is 23.7 Å². The summed E-state index contributed by atoms with van der Waals surface area (Å²) in [4.78, 5) is 16.4. The Balaban J connectivity index is 1.39. The number of amides is 2. The SMILES string of the molecule is O=C(Nc1cccc(-c2ccc3nnc(-c4ccncc4)n3n2)c1)Nc1ccc(F)c(Cl)c1. The van der Waals surface area contributed by atoms with Gasteiger partial charge < -0.3 is 10.6 Å². The van der Waals surface area contributed by atoms with Crippen LogP contribution in [0, 0.1) is 5.82 Å². The minimum Gasteiger partial charge on any atom is -0.308 e. The van der Waals surface area contributed by atoms with Crippen molar-refractivity contribution in [1.82, 2.24) is 24.8 Å². The molecule has 8 nitrogen and oxygen atoms in total. The second-order valence-corrected chi connectivity index (χ2v) is 7.44. The molecule has 0 saturated carbocycles. The lowest BCUT2D eigenvalue weighted by Gasteiger charge is -2.10. The van der Waals surface area contributed by atoms with E-state index in [9.17, 15) is 9.18 Å². The van der Waals surface area contributed by atoms with Gasteiger partial charge in [0.15, 0.2) is 11.5 Å². The highest BCUT2D eigenvalue weighted by Crippen LogP contribution is 2.24. The van der Waals surface area contributed by atoms with Gasteiger partial charge in [0.1, 0.15) is 5.82 Å². The lowest BCUT2D eigenvalue weighted by molar-refractivity contribution is 0.262. The van der Waals surface area contributed by atoms with Crippen molar-refractivity contribution >= 4 is 34.7 Å². The molecule has 0 spiro atoms. The summed E-state index contributed by atoms with van der Waals surface area (Å²) >= 11 is 5.76. The highest BCUT2D eigenvalue weighted by atomic mass is 35.5. The van der Waals surface area contributed by atoms with Crippen molar-refractivity contribution in [3.05, 3.63) is 90.0 Å². The van der Waals surface area contributed by atoms with Crippen LogP contribution in [0.5, 0.6) is 0 Å². The summed E-state index contributed by atoms with van der Waals surface area (Å²) in [6, 6.07) is 18.0. The van der Waals surface area contributed by atoms with E-state index >= 15 is 0 Å². The van der Waals surface area contributed by atoms with Crippen LogP contribution in [0.4, 0.5) is 20.6 Å². The lowest BCUT2D eigenvalue weighted by atomic mass is 10.1. The molecule has 10 heteroatoms. The topological polar surface area (TPSA) is 97.1 Å². The molecule has 5 rings (SSSR count). The zero-order chi connectivity index (χ0) is 22.8. The van der Waals surface area contributed by atoms with Crippen molar-refractivity contribution < 1.29 is 9.18 Å². The summed E-state index contributed by atoms with van der Waals surface area (Å²) in [5.74, 6) is 0.0424. The Hall–Kier alpha value is -4.37. The number of carbonyl (C=O) groups excluding carboxylic acids is 1. The first-order valence-electron chi connectivity index (χ1n) is 9.83. The molecule has 5 aromatic rings. The Morgan fingerprint density at radius 2 is 1.67 bits per heavy atom. The number of nitrogens with zero attached hydrogens (tertiary/aromatic N) is 5. The summed E-state index contributed by atoms with van der Waals surface area (Å²) in [7, 11) is 0. The summed E-state index contributed by atoms with van der Waals surface area (Å²) in [6.07, 6.45) is 3.36. The van der Waals surface area contributed by atoms with E-state index in [0.717, 1.165) is 11.1 Å². The van der Waals surface area contributed by atoms with Crippen LogP contribution < -0.4 is 10.6 Å². The molecule has 0 atom stereocenters. The third-order valence-corrected chi connectivity index (χ3v) is 5.08. The third-order valence-electron chi connectivity index (χ3n) is 4.80. The van der Waals surface area contributed by atoms with Gasteiger partial charge in [-0.3, -0.25) is 4.98 Å². The first kappa shape index (κ1) is 20.5. The first-order valence-corrected chi connectivity index (χ1v) is 10.2. The van der Waals surface area contributed by atoms with E-state index in [0.29, 0.717) is 28.5 Å². The molecule has 2 aromatic carbocycles. The average Bonchev–Trinajstić information content (AvgIpc) is 3.25. The highest BCUT2D eigenvalue weighted by Gasteiger charge is 2.12. The van der Waals surface area contributed by atoms with Crippen LogP contribution in [0.1, 0.15) is 0 Å². The van der Waals surface area contributed by atoms with Gasteiger partial charge in [0.2, 0.25) is 0 Å². The molecule has 0 aliphatic rings. The normalized spacial score (nSPS) is 10.8. The van der Waals surface area contributed by atoms with Crippen molar-refractivity contribution in [2.75, 3.05) is 10.6 Å². The van der Waals surface area contributed by atoms with Crippen molar-refractivity contribution in [3.63, 3.8) is 0 Å². The largest absolute Gasteiger partial charge is 0.323 e. The maximum atomic E-state index is 13.3. The van der Waals surface area contributed by atoms with Crippen molar-refractivity contribution in [2.45, 2.75) is 0 Å². The zero-order valence-corrected chi connectivity index (χ0v) is 17.7. The van der Waals surface area contributed by atoms with Crippen LogP contribution in [0.2, 0.25) is 5.02 Å². The number of nitrogens with one attached hydrogen (secondary N) is 2. The Kier molecular flexibility index (Phi) is 5.37. The fraction of sp³-hybridized carbons (Fsp3) is 0. The number of aromatic nitrogens is 5. The molecule has 0 saturated heterocycles. The fourth-order valence-electron chi connectivity index (χ4n) is 3.25. The molecule has 0 aliphatic heterocycles. The Bertz CT molecular complexity index is 1470. The molecule has 0 unspecified atom stereocenters. The first-order chi connectivity index (χ1) is 16.1. The quantitative estimate of drug-likeness (QED) is 0.380. The second kappa shape index (κ2) is 8.64. The average molecular weight is 460 g/mol. The van der Waals surface area contributed by atoms with Crippen molar-refractivity contribution in [2.24, 2.45) is 0 Å². The minimum atomic E-state index is -0.556. The van der Waals surface area contributed by atoms with Gasteiger partial charge >= 0.3 is 6.03 Å². The van der Waals surface area contributed by atoms with Gasteiger partial charge in [-0.2, -0.15) is 9.61 Å². The predicted molar refractivity (Wildman–Crippen MR) is 124 cm³/mol. The van der Waals surface area contributed by atoms with E-state index in [1.54, 1.807) is 29.0 Å². The zero-order valence-electron chi connectivity index (χ0n) is 16.9. The van der Waals surface area contributed by atoms with E-state index in [1.165, 1.54) is 18.2 Å². The molecule has 2 N–H and O–H groups in total. The van der Waals surface area contributed by atoms with Gasteiger partial charge in [0.05, 0.1) is 10.7 Å². The predicted octanol–water partition coefficient (Wildman–Crippen LogP) is 5.29. The number of anilines is 2. The number of fused-ring (bicyclic) bond motifs is 1. The van der Waals surface area contributed by atoms with Crippen LogP contribution in [0.25, 0.3) is 28.3 Å². The number of pyridine rings is 1. The van der Waals surface area contributed by atoms with Gasteiger partial charge in [-0.25, -0.2) is 9.18 Å². The van der Waals surface area contributed by atoms with E-state index < -0.39 is 11.8 Å². The standard InChI is InChI=1S/C23H15ClFN7O/c24-18-13-17(4-5-19(18)25)28-23(33)27-16-3-1-2-15(12-16)20-6-7-21-29-30-22(32(21)31-20)14-8-10-26-11-9-14/h1-13H,(H2,27,28,33). The maximum Gasteiger partial charge on any atom is 0.323 e. The van der Waals surface area contributed by atoms with E-state index in [4.69, 9.17) is 11.6 Å². The summed E-state index contributed by atoms with van der Waals surface area (Å²) < 4.78 is 15.0. The van der Waals surface area contributed by atoms with Crippen LogP contribution >= 0.6 is 11.6 Å². The Labute approximate surface area is 192 Å². The lowest BCUT2D eigenvalue weighted by Crippen LogP contribution is -2.19. The number of carbonyl (C=O) groups is 1. The molecule has 2 amide bonds. The van der Waals surface area contributed by atoms with Gasteiger partial charge in [0, 0.05) is 34.9 Å². The maximum absolute atomic E-state index is 13.3. The van der Waals surface area contributed by atoms with Gasteiger partial charge in [-0.15, -0.1) is 10.2 Å². The van der Waals surface area contributed by atoms with Crippen molar-refractivity contribution in [3.8, 4) is 22.6 Å². The molecule has 0 bridgehead atoms. The van der Waals surface area contributed by atoms with Crippen molar-refractivity contribution in [1.29, 1.82) is 0 Å². The third kappa shape index (κ3) is 4.35. The number of benzene rings is 2. The molecule has 33 heavy (non-hydrogen) atoms. The number of halogens is 2. The number of urea groups is 1. The Morgan fingerprint density at radius 1 is 0.879 bits per heavy atom. The molecule has 0 aliphatic carbocycles. The Morgan fingerprint density at radius 3 is 2.45 bits per heavy atom. The van der Waals surface area contributed by atoms with E-state index in [2.05, 4.69) is 30.9 Å². The van der Waals surface area contributed by atoms with E-state index in [1.807, 2.05) is 36.4 Å². The van der Waals surface area contributed by atoms with E-state index in [-0.39, 0.29) is 5.02 Å². The van der Waals surface area contributed by atoms with Crippen LogP contribution in [-0.4, -0.2) is 30.8 Å². The summed E-state index contributed by atoms with van der Waals surface area (Å²) in [5, 5.41) is 18.4. The number of hydrogen-bond donors (Lipinski definition) is 2. The molecule has 0 radical (unpaired) electrons. The van der Waals surface area contributed by atoms with Gasteiger partial charge in [0.25, 0.3) is 0 Å². The number of hydrogen-bond acceptors (Lipinski definition) is 5. The second-order valence-electron chi connectivity index (χ2n) is 7.04. The van der Waals surface area contributed by atoms with Crippen LogP contribution in [-0.2, 0) is 0 Å². The molecule has 162 valence electrons. The van der Waals surface area contributed by atoms with Crippen LogP contribution in [0.3, 0.4) is 0 Å². The molecular formula is C23H15ClFN7O. The minimum absolute atomic E-state index is 0.0728. The summed E-state index contributed by atoms with van der Waals surface area (Å²) in [6.45, 7) is 0. The number of rotatable bonds is 4. The molecular weight excluding hydrogens is 445 g/mol. The van der Waals surface area contributed by atoms with Gasteiger partial charge in [-0.05, 0) is 54.6 Å². The molecule has 0 fully saturated rings. The monoisotopic (exact) mass is 459 g/mol. The molecule has 3 heterocycles. The van der Waals surface area contributed by atoms with Crippen LogP contribution in [0.15, 0.2) is 79.1 Å². The fourth-order valence-corrected chi connectivity index (χ4v) is 3.43. The smallest absolute Gasteiger partial charge is 0.308 e. The summed E-state index contributed by atoms with van der Waals surface area (Å²) in [5.41, 5.74) is 3.84. The highest BCUT2D eigenvalue weighted by molar-refractivity contribution is 6.31. The molecule has 3 aromatic heterocycles.